The standard InChI is InChI=1S/C22H32N6O12/c1-11(25-5-15(29)27(16(30)6-25)9-39-21(37)13(23)3-19(33)34)12(2)26-7-17(31)28(18(32)8-26)10-40-22(38)14(24)4-20(35)36/h11-14H,3-10,23-24H2,1-2H3,(H,33,34)(H,35,36)/t11-,12+,13-,14-/m0/s1. The Morgan fingerprint density at radius 2 is 0.950 bits per heavy atom. The maximum absolute atomic E-state index is 12.6. The van der Waals surface area contributed by atoms with E-state index in [1.54, 1.807) is 13.8 Å². The lowest BCUT2D eigenvalue weighted by atomic mass is 10.1. The Morgan fingerprint density at radius 1 is 0.675 bits per heavy atom. The van der Waals surface area contributed by atoms with Gasteiger partial charge < -0.3 is 31.2 Å². The van der Waals surface area contributed by atoms with Crippen LogP contribution < -0.4 is 11.5 Å². The molecule has 2 rings (SSSR count). The maximum atomic E-state index is 12.6. The predicted molar refractivity (Wildman–Crippen MR) is 128 cm³/mol. The fourth-order valence-electron chi connectivity index (χ4n) is 3.91. The van der Waals surface area contributed by atoms with Gasteiger partial charge in [-0.05, 0) is 13.8 Å². The molecule has 0 aromatic heterocycles. The molecule has 2 fully saturated rings. The third kappa shape index (κ3) is 8.50. The van der Waals surface area contributed by atoms with Crippen LogP contribution in [0.5, 0.6) is 0 Å². The van der Waals surface area contributed by atoms with Gasteiger partial charge in [0, 0.05) is 12.1 Å². The van der Waals surface area contributed by atoms with Gasteiger partial charge in [0.15, 0.2) is 13.5 Å². The van der Waals surface area contributed by atoms with E-state index in [1.165, 1.54) is 9.80 Å². The number of carbonyl (C=O) groups excluding carboxylic acids is 6. The van der Waals surface area contributed by atoms with Crippen molar-refractivity contribution in [2.24, 2.45) is 11.5 Å². The van der Waals surface area contributed by atoms with Crippen LogP contribution >= 0.6 is 0 Å². The lowest BCUT2D eigenvalue weighted by Crippen LogP contribution is -2.63. The van der Waals surface area contributed by atoms with Crippen molar-refractivity contribution in [3.05, 3.63) is 0 Å². The number of carbonyl (C=O) groups is 8. The van der Waals surface area contributed by atoms with Gasteiger partial charge in [-0.25, -0.2) is 9.80 Å². The molecule has 0 saturated carbocycles. The molecule has 0 aromatic rings. The minimum atomic E-state index is -1.46. The Kier molecular flexibility index (Phi) is 11.2. The second-order valence-corrected chi connectivity index (χ2v) is 9.32. The summed E-state index contributed by atoms with van der Waals surface area (Å²) >= 11 is 0. The number of rotatable bonds is 13. The average Bonchev–Trinajstić information content (AvgIpc) is 2.85. The average molecular weight is 573 g/mol. The molecule has 0 radical (unpaired) electrons. The molecular formula is C22H32N6O12. The van der Waals surface area contributed by atoms with Gasteiger partial charge in [-0.1, -0.05) is 0 Å². The first-order chi connectivity index (χ1) is 18.6. The minimum Gasteiger partial charge on any atom is -0.481 e. The van der Waals surface area contributed by atoms with Gasteiger partial charge >= 0.3 is 23.9 Å². The molecule has 0 bridgehead atoms. The fourth-order valence-corrected chi connectivity index (χ4v) is 3.91. The molecule has 18 nitrogen and oxygen atoms in total. The number of amides is 4. The highest BCUT2D eigenvalue weighted by atomic mass is 16.6. The Morgan fingerprint density at radius 3 is 1.20 bits per heavy atom. The number of imide groups is 2. The maximum Gasteiger partial charge on any atom is 0.325 e. The molecule has 18 heteroatoms. The van der Waals surface area contributed by atoms with E-state index < -0.39 is 98.0 Å². The van der Waals surface area contributed by atoms with E-state index in [0.717, 1.165) is 0 Å². The smallest absolute Gasteiger partial charge is 0.325 e. The number of hydrogen-bond donors (Lipinski definition) is 4. The molecular weight excluding hydrogens is 540 g/mol. The van der Waals surface area contributed by atoms with Crippen LogP contribution in [0.4, 0.5) is 0 Å². The third-order valence-corrected chi connectivity index (χ3v) is 6.47. The fraction of sp³-hybridized carbons (Fsp3) is 0.636. The zero-order chi connectivity index (χ0) is 30.3. The number of carboxylic acid groups (broad SMARTS) is 2. The SMILES string of the molecule is C[C@H]([C@H](C)N1CC(=O)N(COC(=O)[C@@H](N)CC(=O)O)C(=O)C1)N1CC(=O)N(COC(=O)[C@@H](N)CC(=O)O)C(=O)C1. The van der Waals surface area contributed by atoms with Crippen LogP contribution in [0.25, 0.3) is 0 Å². The van der Waals surface area contributed by atoms with Crippen molar-refractivity contribution in [1.29, 1.82) is 0 Å². The lowest BCUT2D eigenvalue weighted by molar-refractivity contribution is -0.169. The molecule has 222 valence electrons. The zero-order valence-electron chi connectivity index (χ0n) is 21.9. The molecule has 4 atom stereocenters. The van der Waals surface area contributed by atoms with Crippen molar-refractivity contribution >= 4 is 47.5 Å². The molecule has 0 spiro atoms. The van der Waals surface area contributed by atoms with Gasteiger partial charge in [0.2, 0.25) is 23.6 Å². The summed E-state index contributed by atoms with van der Waals surface area (Å²) in [6, 6.07) is -3.92. The summed E-state index contributed by atoms with van der Waals surface area (Å²) in [5.74, 6) is -7.55. The van der Waals surface area contributed by atoms with E-state index in [4.69, 9.17) is 31.2 Å². The molecule has 0 aliphatic carbocycles. The van der Waals surface area contributed by atoms with E-state index in [2.05, 4.69) is 0 Å². The number of carboxylic acids is 2. The van der Waals surface area contributed by atoms with Crippen molar-refractivity contribution in [2.75, 3.05) is 39.6 Å². The summed E-state index contributed by atoms with van der Waals surface area (Å²) in [5.41, 5.74) is 10.8. The molecule has 40 heavy (non-hydrogen) atoms. The largest absolute Gasteiger partial charge is 0.481 e. The normalized spacial score (nSPS) is 20.1. The molecule has 2 saturated heterocycles. The Labute approximate surface area is 227 Å². The number of ether oxygens (including phenoxy) is 2. The highest BCUT2D eigenvalue weighted by Crippen LogP contribution is 2.18. The first-order valence-corrected chi connectivity index (χ1v) is 12.0. The summed E-state index contributed by atoms with van der Waals surface area (Å²) in [5, 5.41) is 17.4. The Hall–Kier alpha value is -4.00. The van der Waals surface area contributed by atoms with Crippen molar-refractivity contribution in [2.45, 2.75) is 50.9 Å². The van der Waals surface area contributed by atoms with Gasteiger partial charge in [-0.3, -0.25) is 48.2 Å². The zero-order valence-corrected chi connectivity index (χ0v) is 21.9. The first kappa shape index (κ1) is 32.2. The van der Waals surface area contributed by atoms with Crippen LogP contribution in [0, 0.1) is 0 Å². The monoisotopic (exact) mass is 572 g/mol. The molecule has 4 amide bonds. The van der Waals surface area contributed by atoms with Gasteiger partial charge in [0.25, 0.3) is 0 Å². The number of aliphatic carboxylic acids is 2. The quantitative estimate of drug-likeness (QED) is 0.120. The third-order valence-electron chi connectivity index (χ3n) is 6.47. The van der Waals surface area contributed by atoms with Gasteiger partial charge in [-0.15, -0.1) is 0 Å². The molecule has 2 heterocycles. The summed E-state index contributed by atoms with van der Waals surface area (Å²) in [7, 11) is 0. The van der Waals surface area contributed by atoms with Gasteiger partial charge in [0.05, 0.1) is 39.0 Å². The van der Waals surface area contributed by atoms with E-state index in [9.17, 15) is 38.4 Å². The molecule has 2 aliphatic rings. The highest BCUT2D eigenvalue weighted by Gasteiger charge is 2.40. The van der Waals surface area contributed by atoms with Crippen LogP contribution in [0.15, 0.2) is 0 Å². The number of nitrogens with two attached hydrogens (primary N) is 2. The van der Waals surface area contributed by atoms with Crippen molar-refractivity contribution in [3.63, 3.8) is 0 Å². The minimum absolute atomic E-state index is 0.246. The highest BCUT2D eigenvalue weighted by molar-refractivity contribution is 6.00. The molecule has 0 unspecified atom stereocenters. The van der Waals surface area contributed by atoms with E-state index in [0.29, 0.717) is 9.80 Å². The molecule has 6 N–H and O–H groups in total. The number of hydrogen-bond acceptors (Lipinski definition) is 14. The summed E-state index contributed by atoms with van der Waals surface area (Å²) in [6.45, 7) is 0.956. The second-order valence-electron chi connectivity index (χ2n) is 9.32. The summed E-state index contributed by atoms with van der Waals surface area (Å²) in [6.07, 6.45) is -1.37. The van der Waals surface area contributed by atoms with E-state index >= 15 is 0 Å². The lowest BCUT2D eigenvalue weighted by Gasteiger charge is -2.43. The van der Waals surface area contributed by atoms with Gasteiger partial charge in [-0.2, -0.15) is 0 Å². The second kappa shape index (κ2) is 13.9. The van der Waals surface area contributed by atoms with Crippen molar-refractivity contribution in [1.82, 2.24) is 19.6 Å². The van der Waals surface area contributed by atoms with Crippen LogP contribution in [0.3, 0.4) is 0 Å². The Balaban J connectivity index is 1.90. The Bertz CT molecular complexity index is 949. The van der Waals surface area contributed by atoms with Crippen LogP contribution in [-0.2, 0) is 47.8 Å². The van der Waals surface area contributed by atoms with E-state index in [1.807, 2.05) is 0 Å². The number of piperazine rings is 2. The van der Waals surface area contributed by atoms with Crippen LogP contribution in [0.2, 0.25) is 0 Å². The van der Waals surface area contributed by atoms with Crippen LogP contribution in [-0.4, -0.2) is 141 Å². The van der Waals surface area contributed by atoms with Crippen LogP contribution in [0.1, 0.15) is 26.7 Å². The first-order valence-electron chi connectivity index (χ1n) is 12.0. The van der Waals surface area contributed by atoms with E-state index in [-0.39, 0.29) is 26.2 Å². The predicted octanol–water partition coefficient (Wildman–Crippen LogP) is -4.29. The topological polar surface area (TPSA) is 260 Å². The van der Waals surface area contributed by atoms with Crippen molar-refractivity contribution in [3.8, 4) is 0 Å². The number of esters is 2. The molecule has 2 aliphatic heterocycles. The van der Waals surface area contributed by atoms with Crippen molar-refractivity contribution < 1.29 is 58.0 Å². The number of nitrogens with zero attached hydrogens (tertiary/aromatic N) is 4. The molecule has 0 aromatic carbocycles. The summed E-state index contributed by atoms with van der Waals surface area (Å²) < 4.78 is 9.62. The summed E-state index contributed by atoms with van der Waals surface area (Å²) in [4.78, 5) is 99.8. The van der Waals surface area contributed by atoms with Gasteiger partial charge in [0.1, 0.15) is 12.1 Å².